The molecule has 0 radical (unpaired) electrons. The number of nitriles is 1. The van der Waals surface area contributed by atoms with Gasteiger partial charge in [-0.05, 0) is 18.2 Å². The number of benzene rings is 2. The second-order valence-corrected chi connectivity index (χ2v) is 4.68. The summed E-state index contributed by atoms with van der Waals surface area (Å²) in [7, 11) is 0. The molecule has 0 bridgehead atoms. The van der Waals surface area contributed by atoms with E-state index in [4.69, 9.17) is 5.26 Å². The van der Waals surface area contributed by atoms with Crippen LogP contribution in [0.1, 0.15) is 15.9 Å². The lowest BCUT2D eigenvalue weighted by Crippen LogP contribution is -2.14. The molecule has 0 aliphatic rings. The third-order valence-corrected chi connectivity index (χ3v) is 3.38. The molecule has 1 heterocycles. The van der Waals surface area contributed by atoms with Gasteiger partial charge in [0.1, 0.15) is 6.07 Å². The monoisotopic (exact) mass is 275 g/mol. The Kier molecular flexibility index (Phi) is 3.40. The van der Waals surface area contributed by atoms with Crippen LogP contribution >= 0.6 is 0 Å². The number of rotatable bonds is 4. The van der Waals surface area contributed by atoms with E-state index in [0.29, 0.717) is 16.8 Å². The summed E-state index contributed by atoms with van der Waals surface area (Å²) in [5.74, 6) is -0.0137. The predicted octanol–water partition coefficient (Wildman–Crippen LogP) is 3.33. The summed E-state index contributed by atoms with van der Waals surface area (Å²) in [6, 6.07) is 16.9. The molecule has 0 atom stereocenters. The molecule has 102 valence electrons. The van der Waals surface area contributed by atoms with Crippen LogP contribution in [0.2, 0.25) is 0 Å². The second kappa shape index (κ2) is 5.51. The van der Waals surface area contributed by atoms with E-state index >= 15 is 0 Å². The van der Waals surface area contributed by atoms with Crippen molar-refractivity contribution in [2.45, 2.75) is 0 Å². The van der Waals surface area contributed by atoms with Crippen molar-refractivity contribution < 1.29 is 4.79 Å². The maximum absolute atomic E-state index is 12.3. The van der Waals surface area contributed by atoms with Crippen LogP contribution in [0, 0.1) is 11.3 Å². The van der Waals surface area contributed by atoms with E-state index in [2.05, 4.69) is 16.4 Å². The van der Waals surface area contributed by atoms with Gasteiger partial charge in [-0.25, -0.2) is 0 Å². The fourth-order valence-electron chi connectivity index (χ4n) is 2.31. The summed E-state index contributed by atoms with van der Waals surface area (Å²) in [6.07, 6.45) is 1.73. The average Bonchev–Trinajstić information content (AvgIpc) is 2.97. The molecule has 0 saturated heterocycles. The minimum absolute atomic E-state index is 0.0137. The SMILES string of the molecule is N#Cc1ccccc1NCC(=O)c1c[nH]c2ccccc12. The standard InChI is InChI=1S/C17H13N3O/c18-9-12-5-1-3-7-15(12)20-11-17(21)14-10-19-16-8-4-2-6-13(14)16/h1-8,10,19-20H,11H2. The van der Waals surface area contributed by atoms with Gasteiger partial charge < -0.3 is 10.3 Å². The first kappa shape index (κ1) is 12.9. The van der Waals surface area contributed by atoms with Gasteiger partial charge in [0.05, 0.1) is 17.8 Å². The molecule has 2 aromatic carbocycles. The Hall–Kier alpha value is -3.06. The number of hydrogen-bond donors (Lipinski definition) is 2. The zero-order valence-electron chi connectivity index (χ0n) is 11.3. The number of aromatic nitrogens is 1. The van der Waals surface area contributed by atoms with E-state index in [1.54, 1.807) is 24.4 Å². The Morgan fingerprint density at radius 3 is 2.76 bits per heavy atom. The number of anilines is 1. The first-order chi connectivity index (χ1) is 10.3. The van der Waals surface area contributed by atoms with Gasteiger partial charge in [-0.3, -0.25) is 4.79 Å². The zero-order chi connectivity index (χ0) is 14.7. The molecule has 0 fully saturated rings. The van der Waals surface area contributed by atoms with Crippen molar-refractivity contribution in [1.29, 1.82) is 5.26 Å². The van der Waals surface area contributed by atoms with Gasteiger partial charge in [0, 0.05) is 22.7 Å². The lowest BCUT2D eigenvalue weighted by molar-refractivity contribution is 0.101. The highest BCUT2D eigenvalue weighted by Crippen LogP contribution is 2.19. The Morgan fingerprint density at radius 1 is 1.14 bits per heavy atom. The van der Waals surface area contributed by atoms with Gasteiger partial charge in [-0.2, -0.15) is 5.26 Å². The summed E-state index contributed by atoms with van der Waals surface area (Å²) in [5.41, 5.74) is 2.81. The van der Waals surface area contributed by atoms with Crippen molar-refractivity contribution in [2.24, 2.45) is 0 Å². The Morgan fingerprint density at radius 2 is 1.90 bits per heavy atom. The highest BCUT2D eigenvalue weighted by atomic mass is 16.1. The number of nitrogens with one attached hydrogen (secondary N) is 2. The van der Waals surface area contributed by atoms with Gasteiger partial charge in [0.25, 0.3) is 0 Å². The molecular weight excluding hydrogens is 262 g/mol. The van der Waals surface area contributed by atoms with Crippen LogP contribution in [0.4, 0.5) is 5.69 Å². The lowest BCUT2D eigenvalue weighted by Gasteiger charge is -2.06. The normalized spacial score (nSPS) is 10.2. The first-order valence-electron chi connectivity index (χ1n) is 6.62. The summed E-state index contributed by atoms with van der Waals surface area (Å²) in [4.78, 5) is 15.4. The third-order valence-electron chi connectivity index (χ3n) is 3.38. The van der Waals surface area contributed by atoms with Gasteiger partial charge >= 0.3 is 0 Å². The number of H-pyrrole nitrogens is 1. The number of para-hydroxylation sites is 2. The van der Waals surface area contributed by atoms with Crippen molar-refractivity contribution in [2.75, 3.05) is 11.9 Å². The van der Waals surface area contributed by atoms with Crippen molar-refractivity contribution >= 4 is 22.4 Å². The highest BCUT2D eigenvalue weighted by molar-refractivity contribution is 6.09. The minimum Gasteiger partial charge on any atom is -0.377 e. The van der Waals surface area contributed by atoms with E-state index in [1.807, 2.05) is 30.3 Å². The van der Waals surface area contributed by atoms with E-state index < -0.39 is 0 Å². The van der Waals surface area contributed by atoms with Gasteiger partial charge in [0.2, 0.25) is 0 Å². The van der Waals surface area contributed by atoms with Crippen LogP contribution < -0.4 is 5.32 Å². The number of nitrogens with zero attached hydrogens (tertiary/aromatic N) is 1. The fraction of sp³-hybridized carbons (Fsp3) is 0.0588. The van der Waals surface area contributed by atoms with Crippen molar-refractivity contribution in [3.63, 3.8) is 0 Å². The van der Waals surface area contributed by atoms with Crippen molar-refractivity contribution in [3.05, 3.63) is 65.9 Å². The molecule has 2 N–H and O–H groups in total. The van der Waals surface area contributed by atoms with Crippen molar-refractivity contribution in [3.8, 4) is 6.07 Å². The van der Waals surface area contributed by atoms with E-state index in [9.17, 15) is 4.79 Å². The molecule has 0 amide bonds. The molecule has 4 heteroatoms. The number of ketones is 1. The predicted molar refractivity (Wildman–Crippen MR) is 82.3 cm³/mol. The zero-order valence-corrected chi connectivity index (χ0v) is 11.3. The van der Waals surface area contributed by atoms with Crippen LogP contribution in [-0.4, -0.2) is 17.3 Å². The summed E-state index contributed by atoms with van der Waals surface area (Å²) in [6.45, 7) is 0.153. The molecule has 4 nitrogen and oxygen atoms in total. The Bertz CT molecular complexity index is 842. The average molecular weight is 275 g/mol. The molecule has 0 unspecified atom stereocenters. The molecule has 0 aliphatic carbocycles. The molecule has 3 aromatic rings. The summed E-state index contributed by atoms with van der Waals surface area (Å²) < 4.78 is 0. The summed E-state index contributed by atoms with van der Waals surface area (Å²) in [5, 5.41) is 13.0. The molecule has 1 aromatic heterocycles. The summed E-state index contributed by atoms with van der Waals surface area (Å²) >= 11 is 0. The number of carbonyl (C=O) groups is 1. The van der Waals surface area contributed by atoms with Gasteiger partial charge in [-0.15, -0.1) is 0 Å². The number of Topliss-reactive ketones (excluding diaryl/α,β-unsaturated/α-hetero) is 1. The highest BCUT2D eigenvalue weighted by Gasteiger charge is 2.12. The van der Waals surface area contributed by atoms with Crippen LogP contribution in [0.5, 0.6) is 0 Å². The molecular formula is C17H13N3O. The Labute approximate surface area is 122 Å². The smallest absolute Gasteiger partial charge is 0.183 e. The first-order valence-corrected chi connectivity index (χ1v) is 6.62. The van der Waals surface area contributed by atoms with Crippen LogP contribution in [-0.2, 0) is 0 Å². The number of carbonyl (C=O) groups excluding carboxylic acids is 1. The molecule has 21 heavy (non-hydrogen) atoms. The van der Waals surface area contributed by atoms with Crippen LogP contribution in [0.15, 0.2) is 54.7 Å². The molecule has 0 saturated carbocycles. The number of fused-ring (bicyclic) bond motifs is 1. The lowest BCUT2D eigenvalue weighted by atomic mass is 10.1. The third kappa shape index (κ3) is 2.49. The fourth-order valence-corrected chi connectivity index (χ4v) is 2.31. The van der Waals surface area contributed by atoms with E-state index in [1.165, 1.54) is 0 Å². The van der Waals surface area contributed by atoms with Gasteiger partial charge in [-0.1, -0.05) is 30.3 Å². The molecule has 3 rings (SSSR count). The number of aromatic amines is 1. The maximum Gasteiger partial charge on any atom is 0.183 e. The molecule has 0 aliphatic heterocycles. The van der Waals surface area contributed by atoms with E-state index in [0.717, 1.165) is 10.9 Å². The van der Waals surface area contributed by atoms with Crippen LogP contribution in [0.3, 0.4) is 0 Å². The largest absolute Gasteiger partial charge is 0.377 e. The molecule has 0 spiro atoms. The van der Waals surface area contributed by atoms with E-state index in [-0.39, 0.29) is 12.3 Å². The quantitative estimate of drug-likeness (QED) is 0.717. The second-order valence-electron chi connectivity index (χ2n) is 4.68. The topological polar surface area (TPSA) is 68.7 Å². The van der Waals surface area contributed by atoms with Gasteiger partial charge in [0.15, 0.2) is 5.78 Å². The number of hydrogen-bond acceptors (Lipinski definition) is 3. The maximum atomic E-state index is 12.3. The minimum atomic E-state index is -0.0137. The van der Waals surface area contributed by atoms with Crippen molar-refractivity contribution in [1.82, 2.24) is 4.98 Å². The van der Waals surface area contributed by atoms with Crippen LogP contribution in [0.25, 0.3) is 10.9 Å². The Balaban J connectivity index is 1.80.